The molecular weight excluding hydrogens is 1110 g/mol. The lowest BCUT2D eigenvalue weighted by atomic mass is 9.79. The van der Waals surface area contributed by atoms with Gasteiger partial charge in [-0.3, -0.25) is 4.90 Å². The molecule has 82 heavy (non-hydrogen) atoms. The van der Waals surface area contributed by atoms with E-state index in [1.54, 1.807) is 60.7 Å². The van der Waals surface area contributed by atoms with Gasteiger partial charge in [-0.2, -0.15) is 62.0 Å². The van der Waals surface area contributed by atoms with Gasteiger partial charge in [-0.05, 0) is 125 Å². The standard InChI is InChI=1S/C31H29F6N5O4.C23H23F6N5O2/c1-20(22-14-24(30(32,33)34)16-25(15-22)31(35,36)37)46-19-29(23-10-6-3-7-11-23)13-12-26(42-27(43)38-39-40-42)17-41(29)28(44)45-18-21-8-4-2-5-9-21;1-14(15-9-17(22(24,25)26)11-18(10-15)23(27,28)29)36-13-21(16-5-3-2-4-6-16)8-7-19(12-30-21)34-20(35)31-32-33-34/h2-11,14-16,20,26H,12-13,17-19H2,1H3,(H,38,40,43);2-6,9-11,14,19,30H,7-8,12-13H2,1H3,(H,31,33,35)/t20-,26?,29-;14-,19?,21-/m11/s1. The number of tetrazole rings is 2. The van der Waals surface area contributed by atoms with Gasteiger partial charge in [-0.1, -0.05) is 91.0 Å². The van der Waals surface area contributed by atoms with Crippen LogP contribution < -0.4 is 16.7 Å². The van der Waals surface area contributed by atoms with Gasteiger partial charge in [0, 0.05) is 13.1 Å². The molecule has 2 unspecified atom stereocenters. The molecule has 0 saturated carbocycles. The summed E-state index contributed by atoms with van der Waals surface area (Å²) >= 11 is 0. The highest BCUT2D eigenvalue weighted by Crippen LogP contribution is 2.45. The maximum atomic E-state index is 13.9. The highest BCUT2D eigenvalue weighted by atomic mass is 19.4. The van der Waals surface area contributed by atoms with Gasteiger partial charge in [0.05, 0.1) is 70.8 Å². The summed E-state index contributed by atoms with van der Waals surface area (Å²) in [5, 5.41) is 22.5. The number of likely N-dealkylation sites (tertiary alicyclic amines) is 1. The Hall–Kier alpha value is -7.85. The van der Waals surface area contributed by atoms with E-state index in [-0.39, 0.29) is 62.1 Å². The molecule has 5 aromatic carbocycles. The Balaban J connectivity index is 0.000000221. The van der Waals surface area contributed by atoms with Crippen LogP contribution in [0.4, 0.5) is 57.5 Å². The largest absolute Gasteiger partial charge is 0.445 e. The van der Waals surface area contributed by atoms with E-state index in [1.165, 1.54) is 23.4 Å². The van der Waals surface area contributed by atoms with Crippen LogP contribution in [-0.2, 0) is 56.6 Å². The normalized spacial score (nSPS) is 20.6. The van der Waals surface area contributed by atoms with Crippen molar-refractivity contribution in [2.45, 2.75) is 106 Å². The van der Waals surface area contributed by atoms with Gasteiger partial charge in [-0.15, -0.1) is 0 Å². The number of hydrogen-bond donors (Lipinski definition) is 3. The summed E-state index contributed by atoms with van der Waals surface area (Å²) in [4.78, 5) is 39.5. The predicted molar refractivity (Wildman–Crippen MR) is 267 cm³/mol. The van der Waals surface area contributed by atoms with Crippen LogP contribution in [0.5, 0.6) is 0 Å². The van der Waals surface area contributed by atoms with Crippen molar-refractivity contribution >= 4 is 6.09 Å². The molecule has 1 amide bonds. The number of amides is 1. The van der Waals surface area contributed by atoms with E-state index in [1.807, 2.05) is 30.3 Å². The Kier molecular flexibility index (Phi) is 17.9. The highest BCUT2D eigenvalue weighted by Gasteiger charge is 2.49. The van der Waals surface area contributed by atoms with Crippen LogP contribution in [0.25, 0.3) is 0 Å². The zero-order valence-corrected chi connectivity index (χ0v) is 43.4. The number of halogens is 12. The maximum absolute atomic E-state index is 13.9. The van der Waals surface area contributed by atoms with Crippen LogP contribution in [0.15, 0.2) is 137 Å². The number of hydrogen-bond acceptors (Lipinski definition) is 11. The van der Waals surface area contributed by atoms with Crippen LogP contribution in [0.1, 0.15) is 114 Å². The highest BCUT2D eigenvalue weighted by molar-refractivity contribution is 5.69. The van der Waals surface area contributed by atoms with Gasteiger partial charge in [0.1, 0.15) is 6.61 Å². The quantitative estimate of drug-likeness (QED) is 0.0880. The van der Waals surface area contributed by atoms with E-state index in [4.69, 9.17) is 14.2 Å². The zero-order valence-electron chi connectivity index (χ0n) is 43.4. The van der Waals surface area contributed by atoms with Gasteiger partial charge in [0.2, 0.25) is 0 Å². The Morgan fingerprint density at radius 1 is 0.585 bits per heavy atom. The monoisotopic (exact) mass is 1160 g/mol. The lowest BCUT2D eigenvalue weighted by Crippen LogP contribution is -2.58. The number of nitrogens with one attached hydrogen (secondary N) is 3. The molecule has 2 saturated heterocycles. The average Bonchev–Trinajstić information content (AvgIpc) is 4.16. The first-order chi connectivity index (χ1) is 38.7. The van der Waals surface area contributed by atoms with Crippen LogP contribution >= 0.6 is 0 Å². The minimum atomic E-state index is -5.03. The molecule has 2 aliphatic rings. The Labute approximate surface area is 458 Å². The summed E-state index contributed by atoms with van der Waals surface area (Å²) < 4.78 is 181. The Bertz CT molecular complexity index is 3300. The summed E-state index contributed by atoms with van der Waals surface area (Å²) in [5.74, 6) is 0. The van der Waals surface area contributed by atoms with Crippen LogP contribution in [0.2, 0.25) is 0 Å². The molecule has 0 aliphatic carbocycles. The van der Waals surface area contributed by atoms with Crippen molar-refractivity contribution in [1.29, 1.82) is 0 Å². The van der Waals surface area contributed by atoms with Crippen LogP contribution in [0.3, 0.4) is 0 Å². The summed E-state index contributed by atoms with van der Waals surface area (Å²) in [6.45, 7) is 2.54. The number of carbonyl (C=O) groups excluding carboxylic acids is 1. The number of H-pyrrole nitrogens is 2. The molecule has 3 N–H and O–H groups in total. The molecule has 0 spiro atoms. The van der Waals surface area contributed by atoms with Crippen LogP contribution in [-0.4, -0.2) is 77.7 Å². The average molecular weight is 1170 g/mol. The smallest absolute Gasteiger partial charge is 0.416 e. The number of piperidine rings is 2. The number of aromatic amines is 2. The second-order valence-corrected chi connectivity index (χ2v) is 19.7. The predicted octanol–water partition coefficient (Wildman–Crippen LogP) is 11.3. The fourth-order valence-electron chi connectivity index (χ4n) is 9.92. The van der Waals surface area contributed by atoms with Gasteiger partial charge in [-0.25, -0.2) is 24.6 Å². The molecule has 0 bridgehead atoms. The molecule has 6 atom stereocenters. The van der Waals surface area contributed by atoms with Crippen molar-refractivity contribution < 1.29 is 71.7 Å². The molecule has 28 heteroatoms. The molecular formula is C54H52F12N10O6. The molecule has 438 valence electrons. The topological polar surface area (TPSA) is 187 Å². The number of aromatic nitrogens is 8. The SMILES string of the molecule is C[C@@H](OC[C@@]1(c2ccccc2)CCC(n2nn[nH]c2=O)CN1)c1cc(C(F)(F)F)cc(C(F)(F)F)c1.C[C@@H](OC[C@@]1(c2ccccc2)CCC(n2nn[nH]c2=O)CN1C(=O)OCc1ccccc1)c1cc(C(F)(F)F)cc(C(F)(F)F)c1. The Morgan fingerprint density at radius 3 is 1.44 bits per heavy atom. The second-order valence-electron chi connectivity index (χ2n) is 19.7. The number of carbonyl (C=O) groups is 1. The summed E-state index contributed by atoms with van der Waals surface area (Å²) in [6.07, 6.45) is -21.6. The van der Waals surface area contributed by atoms with Crippen molar-refractivity contribution in [3.8, 4) is 0 Å². The summed E-state index contributed by atoms with van der Waals surface area (Å²) in [7, 11) is 0. The minimum Gasteiger partial charge on any atom is -0.445 e. The van der Waals surface area contributed by atoms with E-state index in [0.717, 1.165) is 10.2 Å². The van der Waals surface area contributed by atoms with E-state index < -0.39 is 93.8 Å². The number of nitrogens with zero attached hydrogens (tertiary/aromatic N) is 7. The molecule has 16 nitrogen and oxygen atoms in total. The molecule has 2 aromatic heterocycles. The van der Waals surface area contributed by atoms with Crippen molar-refractivity contribution in [3.63, 3.8) is 0 Å². The first-order valence-electron chi connectivity index (χ1n) is 25.3. The Morgan fingerprint density at radius 2 is 1.01 bits per heavy atom. The third-order valence-corrected chi connectivity index (χ3v) is 14.4. The van der Waals surface area contributed by atoms with Gasteiger partial charge in [0.15, 0.2) is 0 Å². The maximum Gasteiger partial charge on any atom is 0.416 e. The summed E-state index contributed by atoms with van der Waals surface area (Å²) in [5.41, 5.74) is -7.27. The zero-order chi connectivity index (χ0) is 59.3. The third-order valence-electron chi connectivity index (χ3n) is 14.4. The molecule has 0 radical (unpaired) electrons. The van der Waals surface area contributed by atoms with Crippen LogP contribution in [0, 0.1) is 0 Å². The number of ether oxygens (including phenoxy) is 3. The number of benzene rings is 5. The van der Waals surface area contributed by atoms with E-state index in [0.29, 0.717) is 61.2 Å². The van der Waals surface area contributed by atoms with E-state index in [9.17, 15) is 67.1 Å². The van der Waals surface area contributed by atoms with Crippen molar-refractivity contribution in [2.24, 2.45) is 0 Å². The van der Waals surface area contributed by atoms with E-state index in [2.05, 4.69) is 36.4 Å². The van der Waals surface area contributed by atoms with Gasteiger partial charge in [0.25, 0.3) is 0 Å². The van der Waals surface area contributed by atoms with Crippen molar-refractivity contribution in [2.75, 3.05) is 26.3 Å². The third kappa shape index (κ3) is 14.1. The van der Waals surface area contributed by atoms with Crippen molar-refractivity contribution in [3.05, 3.63) is 198 Å². The first kappa shape index (κ1) is 60.3. The molecule has 7 aromatic rings. The lowest BCUT2D eigenvalue weighted by Gasteiger charge is -2.49. The van der Waals surface area contributed by atoms with Gasteiger partial charge >= 0.3 is 42.2 Å². The second kappa shape index (κ2) is 24.3. The lowest BCUT2D eigenvalue weighted by molar-refractivity contribution is -0.145. The molecule has 2 aliphatic heterocycles. The first-order valence-corrected chi connectivity index (χ1v) is 25.3. The molecule has 2 fully saturated rings. The molecule has 9 rings (SSSR count). The minimum absolute atomic E-state index is 0.0315. The van der Waals surface area contributed by atoms with Gasteiger partial charge < -0.3 is 19.5 Å². The fourth-order valence-corrected chi connectivity index (χ4v) is 9.92. The summed E-state index contributed by atoms with van der Waals surface area (Å²) in [6, 6.07) is 28.6. The molecule has 4 heterocycles. The van der Waals surface area contributed by atoms with Crippen molar-refractivity contribution in [1.82, 2.24) is 50.6 Å². The fraction of sp³-hybridized carbons (Fsp3) is 0.389. The number of alkyl halides is 12. The number of rotatable bonds is 14. The van der Waals surface area contributed by atoms with E-state index >= 15 is 0 Å².